The van der Waals surface area contributed by atoms with Gasteiger partial charge in [-0.1, -0.05) is 128 Å². The molecule has 0 N–H and O–H groups in total. The van der Waals surface area contributed by atoms with Gasteiger partial charge in [0.25, 0.3) is 0 Å². The minimum atomic E-state index is 0.421. The Labute approximate surface area is 237 Å². The summed E-state index contributed by atoms with van der Waals surface area (Å²) in [6.45, 7) is 15.4. The lowest BCUT2D eigenvalue weighted by atomic mass is 9.56. The van der Waals surface area contributed by atoms with Crippen LogP contribution in [0.25, 0.3) is 0 Å². The van der Waals surface area contributed by atoms with Crippen LogP contribution in [0.1, 0.15) is 156 Å². The van der Waals surface area contributed by atoms with E-state index in [1.807, 2.05) is 0 Å². The third-order valence-corrected chi connectivity index (χ3v) is 12.3. The zero-order valence-electron chi connectivity index (χ0n) is 26.2. The van der Waals surface area contributed by atoms with Gasteiger partial charge in [0, 0.05) is 0 Å². The largest absolute Gasteiger partial charge is 0.0853 e. The first-order chi connectivity index (χ1) is 18.2. The van der Waals surface area contributed by atoms with Crippen molar-refractivity contribution in [1.82, 2.24) is 0 Å². The van der Waals surface area contributed by atoms with Crippen molar-refractivity contribution in [3.05, 3.63) is 47.5 Å². The van der Waals surface area contributed by atoms with E-state index >= 15 is 0 Å². The predicted molar refractivity (Wildman–Crippen MR) is 167 cm³/mol. The Balaban J connectivity index is 1.61. The van der Waals surface area contributed by atoms with Crippen molar-refractivity contribution >= 4 is 0 Å². The van der Waals surface area contributed by atoms with Gasteiger partial charge in [-0.05, 0) is 110 Å². The summed E-state index contributed by atoms with van der Waals surface area (Å²) < 4.78 is 0. The van der Waals surface area contributed by atoms with Gasteiger partial charge in [0.2, 0.25) is 0 Å². The van der Waals surface area contributed by atoms with Crippen LogP contribution in [0.2, 0.25) is 0 Å². The Kier molecular flexibility index (Phi) is 10.7. The van der Waals surface area contributed by atoms with Gasteiger partial charge in [-0.3, -0.25) is 0 Å². The average molecular weight is 519 g/mol. The van der Waals surface area contributed by atoms with Gasteiger partial charge >= 0.3 is 0 Å². The molecule has 214 valence electrons. The molecule has 5 atom stereocenters. The number of allylic oxidation sites excluding steroid dienone is 2. The van der Waals surface area contributed by atoms with Gasteiger partial charge in [0.1, 0.15) is 0 Å². The highest BCUT2D eigenvalue weighted by Crippen LogP contribution is 2.54. The SMILES string of the molecule is CCC(C)(CC(CC(C)(CC(C)c1ccccc1)C1CC=C(C)CC1)C1CCCCC1)C1CCC(C)CC1. The highest BCUT2D eigenvalue weighted by molar-refractivity contribution is 5.19. The highest BCUT2D eigenvalue weighted by Gasteiger charge is 2.43. The molecule has 1 aromatic carbocycles. The molecule has 3 aliphatic rings. The van der Waals surface area contributed by atoms with Crippen molar-refractivity contribution in [3.8, 4) is 0 Å². The smallest absolute Gasteiger partial charge is 0.0185 e. The first-order valence-electron chi connectivity index (χ1n) is 16.9. The molecule has 0 spiro atoms. The Morgan fingerprint density at radius 2 is 1.45 bits per heavy atom. The monoisotopic (exact) mass is 518 g/mol. The summed E-state index contributed by atoms with van der Waals surface area (Å²) in [7, 11) is 0. The number of rotatable bonds is 11. The van der Waals surface area contributed by atoms with Crippen molar-refractivity contribution in [1.29, 1.82) is 0 Å². The minimum absolute atomic E-state index is 0.421. The minimum Gasteiger partial charge on any atom is -0.0853 e. The second-order valence-electron chi connectivity index (χ2n) is 15.2. The van der Waals surface area contributed by atoms with Gasteiger partial charge in [-0.2, -0.15) is 0 Å². The van der Waals surface area contributed by atoms with Crippen molar-refractivity contribution in [2.24, 2.45) is 40.4 Å². The molecule has 0 aliphatic heterocycles. The Morgan fingerprint density at radius 1 is 0.789 bits per heavy atom. The van der Waals surface area contributed by atoms with Gasteiger partial charge in [0.15, 0.2) is 0 Å². The summed E-state index contributed by atoms with van der Waals surface area (Å²) in [6, 6.07) is 11.4. The molecule has 4 rings (SSSR count). The number of benzene rings is 1. The Hall–Kier alpha value is -1.04. The summed E-state index contributed by atoms with van der Waals surface area (Å²) in [5.41, 5.74) is 4.13. The maximum absolute atomic E-state index is 2.74. The molecule has 0 amide bonds. The molecule has 0 heteroatoms. The Morgan fingerprint density at radius 3 is 2.05 bits per heavy atom. The summed E-state index contributed by atoms with van der Waals surface area (Å²) in [5, 5.41) is 0. The predicted octanol–water partition coefficient (Wildman–Crippen LogP) is 12.2. The molecular weight excluding hydrogens is 456 g/mol. The quantitative estimate of drug-likeness (QED) is 0.255. The lowest BCUT2D eigenvalue weighted by molar-refractivity contribution is 0.0231. The lowest BCUT2D eigenvalue weighted by Crippen LogP contribution is -2.39. The van der Waals surface area contributed by atoms with Crippen LogP contribution in [-0.4, -0.2) is 0 Å². The van der Waals surface area contributed by atoms with Gasteiger partial charge < -0.3 is 0 Å². The van der Waals surface area contributed by atoms with Crippen LogP contribution in [-0.2, 0) is 0 Å². The fourth-order valence-electron chi connectivity index (χ4n) is 9.38. The second kappa shape index (κ2) is 13.5. The highest BCUT2D eigenvalue weighted by atomic mass is 14.5. The van der Waals surface area contributed by atoms with Crippen molar-refractivity contribution in [3.63, 3.8) is 0 Å². The maximum Gasteiger partial charge on any atom is -0.0185 e. The molecule has 0 bridgehead atoms. The zero-order valence-corrected chi connectivity index (χ0v) is 26.2. The fourth-order valence-corrected chi connectivity index (χ4v) is 9.38. The molecule has 0 aromatic heterocycles. The average Bonchev–Trinajstić information content (AvgIpc) is 2.94. The molecule has 38 heavy (non-hydrogen) atoms. The van der Waals surface area contributed by atoms with E-state index in [-0.39, 0.29) is 0 Å². The molecule has 5 unspecified atom stereocenters. The normalized spacial score (nSPS) is 30.1. The van der Waals surface area contributed by atoms with Crippen molar-refractivity contribution in [2.75, 3.05) is 0 Å². The van der Waals surface area contributed by atoms with E-state index in [1.54, 1.807) is 11.1 Å². The second-order valence-corrected chi connectivity index (χ2v) is 15.2. The lowest BCUT2D eigenvalue weighted by Gasteiger charge is -2.49. The van der Waals surface area contributed by atoms with E-state index in [9.17, 15) is 0 Å². The molecule has 2 saturated carbocycles. The van der Waals surface area contributed by atoms with Crippen LogP contribution in [0, 0.1) is 40.4 Å². The van der Waals surface area contributed by atoms with Crippen LogP contribution >= 0.6 is 0 Å². The maximum atomic E-state index is 2.74. The molecule has 0 nitrogen and oxygen atoms in total. The number of hydrogen-bond acceptors (Lipinski definition) is 0. The Bertz CT molecular complexity index is 851. The molecule has 2 fully saturated rings. The first-order valence-corrected chi connectivity index (χ1v) is 16.9. The molecule has 1 aromatic rings. The summed E-state index contributed by atoms with van der Waals surface area (Å²) in [6.07, 6.45) is 25.7. The van der Waals surface area contributed by atoms with Crippen LogP contribution in [0.3, 0.4) is 0 Å². The zero-order chi connectivity index (χ0) is 27.2. The molecule has 0 radical (unpaired) electrons. The topological polar surface area (TPSA) is 0 Å². The summed E-state index contributed by atoms with van der Waals surface area (Å²) in [5.74, 6) is 5.24. The van der Waals surface area contributed by atoms with Gasteiger partial charge in [0.05, 0.1) is 0 Å². The van der Waals surface area contributed by atoms with Crippen LogP contribution in [0.4, 0.5) is 0 Å². The van der Waals surface area contributed by atoms with Gasteiger partial charge in [-0.25, -0.2) is 0 Å². The third kappa shape index (κ3) is 7.57. The summed E-state index contributed by atoms with van der Waals surface area (Å²) in [4.78, 5) is 0. The molecular formula is C38H62. The van der Waals surface area contributed by atoms with E-state index < -0.39 is 0 Å². The third-order valence-electron chi connectivity index (χ3n) is 12.3. The van der Waals surface area contributed by atoms with E-state index in [0.29, 0.717) is 16.7 Å². The van der Waals surface area contributed by atoms with Crippen LogP contribution in [0.5, 0.6) is 0 Å². The molecule has 0 heterocycles. The van der Waals surface area contributed by atoms with E-state index in [2.05, 4.69) is 78.0 Å². The molecule has 0 saturated heterocycles. The standard InChI is InChI=1S/C38H62/c1-7-37(5,35-22-18-29(2)19-23-35)27-34(33-16-12-9-13-17-33)28-38(6,36-24-20-30(3)21-25-36)26-31(4)32-14-10-8-11-15-32/h8,10-11,14-15,20,29,31,33-36H,7,9,12-13,16-19,21-28H2,1-6H3. The van der Waals surface area contributed by atoms with E-state index in [0.717, 1.165) is 29.6 Å². The summed E-state index contributed by atoms with van der Waals surface area (Å²) >= 11 is 0. The molecule has 3 aliphatic carbocycles. The first kappa shape index (κ1) is 29.9. The van der Waals surface area contributed by atoms with Gasteiger partial charge in [-0.15, -0.1) is 0 Å². The van der Waals surface area contributed by atoms with Crippen LogP contribution in [0.15, 0.2) is 42.0 Å². The van der Waals surface area contributed by atoms with Crippen molar-refractivity contribution in [2.45, 2.75) is 150 Å². The van der Waals surface area contributed by atoms with E-state index in [4.69, 9.17) is 0 Å². The van der Waals surface area contributed by atoms with Crippen molar-refractivity contribution < 1.29 is 0 Å². The van der Waals surface area contributed by atoms with E-state index in [1.165, 1.54) is 103 Å². The van der Waals surface area contributed by atoms with Crippen LogP contribution < -0.4 is 0 Å². The number of hydrogen-bond donors (Lipinski definition) is 0. The fraction of sp³-hybridized carbons (Fsp3) is 0.789.